The second-order valence-corrected chi connectivity index (χ2v) is 3.68. The van der Waals surface area contributed by atoms with E-state index in [-0.39, 0.29) is 0 Å². The summed E-state index contributed by atoms with van der Waals surface area (Å²) in [7, 11) is 0. The Hall–Kier alpha value is -2.87. The smallest absolute Gasteiger partial charge is 0.158 e. The van der Waals surface area contributed by atoms with Gasteiger partial charge in [0.15, 0.2) is 5.75 Å². The Labute approximate surface area is 103 Å². The van der Waals surface area contributed by atoms with Gasteiger partial charge in [-0.25, -0.2) is 0 Å². The lowest BCUT2D eigenvalue weighted by atomic mass is 10.2. The summed E-state index contributed by atoms with van der Waals surface area (Å²) in [6, 6.07) is 16.5. The molecule has 0 atom stereocenters. The molecule has 0 aliphatic rings. The lowest BCUT2D eigenvalue weighted by Crippen LogP contribution is -2.06. The van der Waals surface area contributed by atoms with E-state index >= 15 is 0 Å². The third kappa shape index (κ3) is 1.76. The monoisotopic (exact) mass is 236 g/mol. The zero-order chi connectivity index (χ0) is 12.4. The van der Waals surface area contributed by atoms with E-state index in [4.69, 9.17) is 10.1 Å². The minimum Gasteiger partial charge on any atom is -0.356 e. The third-order valence-corrected chi connectivity index (χ3v) is 2.48. The summed E-state index contributed by atoms with van der Waals surface area (Å²) in [5.41, 5.74) is 1.89. The van der Waals surface area contributed by atoms with Crippen molar-refractivity contribution in [3.8, 4) is 11.8 Å². The number of nitriles is 1. The fourth-order valence-electron chi connectivity index (χ4n) is 1.62. The van der Waals surface area contributed by atoms with Gasteiger partial charge in [-0.3, -0.25) is 0 Å². The zero-order valence-corrected chi connectivity index (χ0v) is 9.32. The van der Waals surface area contributed by atoms with Crippen LogP contribution in [0, 0.1) is 11.3 Å². The van der Waals surface area contributed by atoms with Gasteiger partial charge in [0.25, 0.3) is 0 Å². The molecule has 0 fully saturated rings. The largest absolute Gasteiger partial charge is 0.356 e. The number of fused-ring (bicyclic) bond motifs is 1. The summed E-state index contributed by atoms with van der Waals surface area (Å²) in [5.74, 6) is 0.659. The van der Waals surface area contributed by atoms with Crippen LogP contribution < -0.4 is 4.84 Å². The first-order valence-electron chi connectivity index (χ1n) is 5.36. The number of rotatable bonds is 2. The van der Waals surface area contributed by atoms with Crippen LogP contribution in [0.3, 0.4) is 0 Å². The SMILES string of the molecule is N#Cc1ccc2nnn(Oc3ccccc3)c2c1. The maximum atomic E-state index is 8.87. The maximum absolute atomic E-state index is 8.87. The predicted octanol–water partition coefficient (Wildman–Crippen LogP) is 2.15. The summed E-state index contributed by atoms with van der Waals surface area (Å²) in [6.07, 6.45) is 0. The van der Waals surface area contributed by atoms with Crippen LogP contribution in [0.2, 0.25) is 0 Å². The molecule has 0 unspecified atom stereocenters. The van der Waals surface area contributed by atoms with Gasteiger partial charge in [0.1, 0.15) is 11.0 Å². The van der Waals surface area contributed by atoms with Crippen molar-refractivity contribution in [3.05, 3.63) is 54.1 Å². The van der Waals surface area contributed by atoms with Gasteiger partial charge in [0, 0.05) is 0 Å². The van der Waals surface area contributed by atoms with Crippen LogP contribution in [0.4, 0.5) is 0 Å². The first kappa shape index (κ1) is 10.3. The molecule has 0 aliphatic carbocycles. The van der Waals surface area contributed by atoms with Crippen LogP contribution in [0.25, 0.3) is 11.0 Å². The quantitative estimate of drug-likeness (QED) is 0.683. The van der Waals surface area contributed by atoms with Gasteiger partial charge >= 0.3 is 0 Å². The molecule has 86 valence electrons. The van der Waals surface area contributed by atoms with Crippen molar-refractivity contribution in [3.63, 3.8) is 0 Å². The summed E-state index contributed by atoms with van der Waals surface area (Å²) in [6.45, 7) is 0. The Kier molecular flexibility index (Phi) is 2.39. The molecule has 3 aromatic rings. The van der Waals surface area contributed by atoms with Gasteiger partial charge < -0.3 is 4.84 Å². The molecule has 18 heavy (non-hydrogen) atoms. The normalized spacial score (nSPS) is 10.2. The highest BCUT2D eigenvalue weighted by Crippen LogP contribution is 2.15. The molecule has 5 heteroatoms. The zero-order valence-electron chi connectivity index (χ0n) is 9.32. The van der Waals surface area contributed by atoms with Gasteiger partial charge in [-0.1, -0.05) is 23.0 Å². The van der Waals surface area contributed by atoms with E-state index < -0.39 is 0 Å². The molecule has 0 spiro atoms. The van der Waals surface area contributed by atoms with Gasteiger partial charge in [-0.15, -0.1) is 5.10 Å². The number of para-hydroxylation sites is 1. The average Bonchev–Trinajstić information content (AvgIpc) is 2.82. The number of nitrogens with zero attached hydrogens (tertiary/aromatic N) is 4. The minimum atomic E-state index is 0.544. The molecule has 0 saturated carbocycles. The summed E-state index contributed by atoms with van der Waals surface area (Å²) in [4.78, 5) is 6.88. The summed E-state index contributed by atoms with van der Waals surface area (Å²) in [5, 5.41) is 16.7. The van der Waals surface area contributed by atoms with E-state index in [0.29, 0.717) is 22.3 Å². The molecular formula is C13H8N4O. The van der Waals surface area contributed by atoms with E-state index in [1.807, 2.05) is 30.3 Å². The Balaban J connectivity index is 2.05. The predicted molar refractivity (Wildman–Crippen MR) is 64.7 cm³/mol. The molecule has 0 amide bonds. The van der Waals surface area contributed by atoms with Gasteiger partial charge in [0.2, 0.25) is 0 Å². The van der Waals surface area contributed by atoms with Crippen molar-refractivity contribution in [2.24, 2.45) is 0 Å². The average molecular weight is 236 g/mol. The van der Waals surface area contributed by atoms with E-state index in [2.05, 4.69) is 16.4 Å². The third-order valence-electron chi connectivity index (χ3n) is 2.48. The van der Waals surface area contributed by atoms with Crippen LogP contribution in [-0.2, 0) is 0 Å². The molecular weight excluding hydrogens is 228 g/mol. The van der Waals surface area contributed by atoms with Gasteiger partial charge in [-0.05, 0) is 35.5 Å². The number of hydrogen-bond acceptors (Lipinski definition) is 4. The molecule has 0 N–H and O–H groups in total. The highest BCUT2D eigenvalue weighted by atomic mass is 16.7. The van der Waals surface area contributed by atoms with Crippen molar-refractivity contribution < 1.29 is 4.84 Å². The topological polar surface area (TPSA) is 63.7 Å². The summed E-state index contributed by atoms with van der Waals surface area (Å²) < 4.78 is 0. The second kappa shape index (κ2) is 4.18. The fourth-order valence-corrected chi connectivity index (χ4v) is 1.62. The standard InChI is InChI=1S/C13H8N4O/c14-9-10-6-7-12-13(8-10)17(16-15-12)18-11-4-2-1-3-5-11/h1-8H. The minimum absolute atomic E-state index is 0.544. The molecule has 0 radical (unpaired) electrons. The van der Waals surface area contributed by atoms with E-state index in [1.165, 1.54) is 4.85 Å². The number of aromatic nitrogens is 3. The molecule has 0 aliphatic heterocycles. The van der Waals surface area contributed by atoms with Crippen molar-refractivity contribution in [1.29, 1.82) is 5.26 Å². The second-order valence-electron chi connectivity index (χ2n) is 3.68. The molecule has 1 heterocycles. The van der Waals surface area contributed by atoms with Crippen molar-refractivity contribution in [2.45, 2.75) is 0 Å². The summed E-state index contributed by atoms with van der Waals surface area (Å²) >= 11 is 0. The lowest BCUT2D eigenvalue weighted by molar-refractivity contribution is 0.184. The van der Waals surface area contributed by atoms with E-state index in [1.54, 1.807) is 18.2 Å². The molecule has 5 nitrogen and oxygen atoms in total. The maximum Gasteiger partial charge on any atom is 0.158 e. The first-order chi connectivity index (χ1) is 8.86. The lowest BCUT2D eigenvalue weighted by Gasteiger charge is -2.03. The van der Waals surface area contributed by atoms with Crippen LogP contribution in [-0.4, -0.2) is 15.2 Å². The van der Waals surface area contributed by atoms with Crippen LogP contribution in [0.15, 0.2) is 48.5 Å². The van der Waals surface area contributed by atoms with Crippen LogP contribution in [0.5, 0.6) is 5.75 Å². The Morgan fingerprint density at radius 2 is 1.94 bits per heavy atom. The van der Waals surface area contributed by atoms with Gasteiger partial charge in [0.05, 0.1) is 11.6 Å². The fraction of sp³-hybridized carbons (Fsp3) is 0. The Bertz CT molecular complexity index is 728. The molecule has 0 bridgehead atoms. The molecule has 3 rings (SSSR count). The molecule has 0 saturated heterocycles. The van der Waals surface area contributed by atoms with Crippen LogP contribution in [0.1, 0.15) is 5.56 Å². The van der Waals surface area contributed by atoms with Crippen molar-refractivity contribution in [1.82, 2.24) is 15.2 Å². The van der Waals surface area contributed by atoms with Crippen LogP contribution >= 0.6 is 0 Å². The van der Waals surface area contributed by atoms with Gasteiger partial charge in [-0.2, -0.15) is 5.26 Å². The molecule has 1 aromatic heterocycles. The number of hydrogen-bond donors (Lipinski definition) is 0. The van der Waals surface area contributed by atoms with E-state index in [0.717, 1.165) is 0 Å². The Morgan fingerprint density at radius 1 is 1.11 bits per heavy atom. The highest BCUT2D eigenvalue weighted by Gasteiger charge is 2.07. The first-order valence-corrected chi connectivity index (χ1v) is 5.36. The van der Waals surface area contributed by atoms with Crippen molar-refractivity contribution >= 4 is 11.0 Å². The van der Waals surface area contributed by atoms with Crippen molar-refractivity contribution in [2.75, 3.05) is 0 Å². The number of benzene rings is 2. The van der Waals surface area contributed by atoms with E-state index in [9.17, 15) is 0 Å². The highest BCUT2D eigenvalue weighted by molar-refractivity contribution is 5.75. The Morgan fingerprint density at radius 3 is 2.72 bits per heavy atom. The molecule has 2 aromatic carbocycles.